The molecular weight excluding hydrogens is 511 g/mol. The predicted octanol–water partition coefficient (Wildman–Crippen LogP) is 3.25. The van der Waals surface area contributed by atoms with Gasteiger partial charge < -0.3 is 21.1 Å². The van der Waals surface area contributed by atoms with Crippen molar-refractivity contribution in [1.29, 1.82) is 0 Å². The van der Waals surface area contributed by atoms with Crippen molar-refractivity contribution in [1.82, 2.24) is 10.6 Å². The zero-order valence-corrected chi connectivity index (χ0v) is 18.9. The van der Waals surface area contributed by atoms with Gasteiger partial charge in [0.1, 0.15) is 0 Å². The number of hydrogen-bond donors (Lipinski definition) is 4. The van der Waals surface area contributed by atoms with Crippen LogP contribution in [0.3, 0.4) is 0 Å². The van der Waals surface area contributed by atoms with Gasteiger partial charge in [-0.25, -0.2) is 0 Å². The molecular formula is C18H28BrIN4O2. The number of nitrogens with one attached hydrogen (secondary N) is 3. The molecule has 6 nitrogen and oxygen atoms in total. The number of anilines is 1. The van der Waals surface area contributed by atoms with Crippen LogP contribution in [0.15, 0.2) is 33.7 Å². The van der Waals surface area contributed by atoms with Gasteiger partial charge in [0.2, 0.25) is 5.91 Å². The molecule has 1 amide bonds. The molecule has 2 rings (SSSR count). The number of aliphatic hydroxyl groups is 1. The average molecular weight is 539 g/mol. The first kappa shape index (κ1) is 23.2. The van der Waals surface area contributed by atoms with Crippen LogP contribution in [0, 0.1) is 0 Å². The van der Waals surface area contributed by atoms with Crippen LogP contribution in [0.5, 0.6) is 0 Å². The molecule has 8 heteroatoms. The Morgan fingerprint density at radius 3 is 2.50 bits per heavy atom. The first-order valence-electron chi connectivity index (χ1n) is 8.85. The lowest BCUT2D eigenvalue weighted by Gasteiger charge is -2.27. The molecule has 0 atom stereocenters. The zero-order valence-electron chi connectivity index (χ0n) is 15.0. The molecule has 1 aliphatic carbocycles. The van der Waals surface area contributed by atoms with E-state index in [4.69, 9.17) is 0 Å². The number of benzene rings is 1. The Labute approximate surface area is 180 Å². The van der Waals surface area contributed by atoms with E-state index in [0.717, 1.165) is 48.3 Å². The number of nitrogens with zero attached hydrogens (tertiary/aromatic N) is 1. The minimum absolute atomic E-state index is 0. The van der Waals surface area contributed by atoms with Crippen LogP contribution in [0.4, 0.5) is 5.69 Å². The van der Waals surface area contributed by atoms with E-state index < -0.39 is 0 Å². The molecule has 0 heterocycles. The van der Waals surface area contributed by atoms with Gasteiger partial charge in [-0.05, 0) is 56.9 Å². The minimum Gasteiger partial charge on any atom is -0.393 e. The third-order valence-electron chi connectivity index (χ3n) is 4.12. The number of aliphatic hydroxyl groups excluding tert-OH is 1. The van der Waals surface area contributed by atoms with Crippen LogP contribution in [0.25, 0.3) is 0 Å². The predicted molar refractivity (Wildman–Crippen MR) is 120 cm³/mol. The summed E-state index contributed by atoms with van der Waals surface area (Å²) in [5.74, 6) is 0.683. The van der Waals surface area contributed by atoms with Gasteiger partial charge in [-0.3, -0.25) is 9.79 Å². The molecule has 1 saturated carbocycles. The van der Waals surface area contributed by atoms with Crippen LogP contribution >= 0.6 is 39.9 Å². The normalized spacial score (nSPS) is 20.0. The molecule has 4 N–H and O–H groups in total. The van der Waals surface area contributed by atoms with Gasteiger partial charge in [-0.15, -0.1) is 24.0 Å². The lowest BCUT2D eigenvalue weighted by atomic mass is 9.93. The summed E-state index contributed by atoms with van der Waals surface area (Å²) >= 11 is 3.37. The highest BCUT2D eigenvalue weighted by atomic mass is 127. The molecule has 1 aliphatic rings. The van der Waals surface area contributed by atoms with Crippen molar-refractivity contribution in [3.63, 3.8) is 0 Å². The second kappa shape index (κ2) is 12.5. The Morgan fingerprint density at radius 2 is 1.88 bits per heavy atom. The van der Waals surface area contributed by atoms with Gasteiger partial charge in [0.05, 0.1) is 12.6 Å². The standard InChI is InChI=1S/C18H27BrN4O2.HI/c1-2-20-18(23-15-7-9-16(24)10-8-15)21-12-11-17(25)22-14-5-3-13(19)4-6-14;/h3-6,15-16,24H,2,7-12H2,1H3,(H,22,25)(H2,20,21,23);1H. The first-order chi connectivity index (χ1) is 12.1. The first-order valence-corrected chi connectivity index (χ1v) is 9.64. The maximum atomic E-state index is 12.0. The topological polar surface area (TPSA) is 85.8 Å². The number of rotatable bonds is 6. The summed E-state index contributed by atoms with van der Waals surface area (Å²) in [5, 5.41) is 19.1. The molecule has 1 aromatic carbocycles. The summed E-state index contributed by atoms with van der Waals surface area (Å²) in [5.41, 5.74) is 0.781. The van der Waals surface area contributed by atoms with Crippen LogP contribution in [-0.4, -0.2) is 42.2 Å². The van der Waals surface area contributed by atoms with E-state index in [-0.39, 0.29) is 36.0 Å². The van der Waals surface area contributed by atoms with Gasteiger partial charge in [-0.1, -0.05) is 15.9 Å². The summed E-state index contributed by atoms with van der Waals surface area (Å²) in [4.78, 5) is 16.5. The number of carbonyl (C=O) groups is 1. The van der Waals surface area contributed by atoms with Crippen molar-refractivity contribution in [2.45, 2.75) is 51.2 Å². The summed E-state index contributed by atoms with van der Waals surface area (Å²) in [7, 11) is 0. The molecule has 0 bridgehead atoms. The molecule has 0 aliphatic heterocycles. The quantitative estimate of drug-likeness (QED) is 0.254. The fourth-order valence-electron chi connectivity index (χ4n) is 2.76. The van der Waals surface area contributed by atoms with E-state index in [1.807, 2.05) is 31.2 Å². The zero-order chi connectivity index (χ0) is 18.1. The number of guanidine groups is 1. The Hall–Kier alpha value is -0.870. The van der Waals surface area contributed by atoms with Crippen LogP contribution in [0.1, 0.15) is 39.0 Å². The third-order valence-corrected chi connectivity index (χ3v) is 4.65. The molecule has 0 spiro atoms. The van der Waals surface area contributed by atoms with Gasteiger partial charge in [0.25, 0.3) is 0 Å². The van der Waals surface area contributed by atoms with E-state index in [1.54, 1.807) is 0 Å². The molecule has 0 aromatic heterocycles. The number of aliphatic imine (C=N–C) groups is 1. The lowest BCUT2D eigenvalue weighted by Crippen LogP contribution is -2.45. The SMILES string of the molecule is CCNC(=NCCC(=O)Nc1ccc(Br)cc1)NC1CCC(O)CC1.I. The van der Waals surface area contributed by atoms with E-state index in [2.05, 4.69) is 36.9 Å². The molecule has 1 fully saturated rings. The highest BCUT2D eigenvalue weighted by Crippen LogP contribution is 2.18. The second-order valence-electron chi connectivity index (χ2n) is 6.22. The second-order valence-corrected chi connectivity index (χ2v) is 7.13. The van der Waals surface area contributed by atoms with E-state index in [9.17, 15) is 9.90 Å². The van der Waals surface area contributed by atoms with Crippen LogP contribution in [0.2, 0.25) is 0 Å². The molecule has 0 saturated heterocycles. The largest absolute Gasteiger partial charge is 0.393 e. The fraction of sp³-hybridized carbons (Fsp3) is 0.556. The number of hydrogen-bond acceptors (Lipinski definition) is 3. The van der Waals surface area contributed by atoms with Gasteiger partial charge in [0.15, 0.2) is 5.96 Å². The van der Waals surface area contributed by atoms with Crippen molar-refractivity contribution in [3.05, 3.63) is 28.7 Å². The van der Waals surface area contributed by atoms with Crippen molar-refractivity contribution in [3.8, 4) is 0 Å². The Morgan fingerprint density at radius 1 is 1.23 bits per heavy atom. The summed E-state index contributed by atoms with van der Waals surface area (Å²) in [6.45, 7) is 3.21. The van der Waals surface area contributed by atoms with E-state index in [0.29, 0.717) is 19.0 Å². The fourth-order valence-corrected chi connectivity index (χ4v) is 3.02. The van der Waals surface area contributed by atoms with Crippen LogP contribution < -0.4 is 16.0 Å². The number of amides is 1. The summed E-state index contributed by atoms with van der Waals surface area (Å²) in [6, 6.07) is 7.82. The van der Waals surface area contributed by atoms with Crippen LogP contribution in [-0.2, 0) is 4.79 Å². The summed E-state index contributed by atoms with van der Waals surface area (Å²) < 4.78 is 0.978. The van der Waals surface area contributed by atoms with Gasteiger partial charge in [0, 0.05) is 29.2 Å². The Bertz CT molecular complexity index is 575. The maximum Gasteiger partial charge on any atom is 0.226 e. The van der Waals surface area contributed by atoms with E-state index >= 15 is 0 Å². The highest BCUT2D eigenvalue weighted by Gasteiger charge is 2.19. The Balaban J connectivity index is 0.00000338. The number of carbonyl (C=O) groups excluding carboxylic acids is 1. The van der Waals surface area contributed by atoms with Gasteiger partial charge >= 0.3 is 0 Å². The van der Waals surface area contributed by atoms with Crippen molar-refractivity contribution < 1.29 is 9.90 Å². The van der Waals surface area contributed by atoms with E-state index in [1.165, 1.54) is 0 Å². The summed E-state index contributed by atoms with van der Waals surface area (Å²) in [6.07, 6.45) is 3.69. The number of halogens is 2. The lowest BCUT2D eigenvalue weighted by molar-refractivity contribution is -0.116. The monoisotopic (exact) mass is 538 g/mol. The Kier molecular flexibility index (Phi) is 11.1. The molecule has 0 unspecified atom stereocenters. The molecule has 146 valence electrons. The molecule has 26 heavy (non-hydrogen) atoms. The third kappa shape index (κ3) is 8.68. The molecule has 1 aromatic rings. The highest BCUT2D eigenvalue weighted by molar-refractivity contribution is 14.0. The van der Waals surface area contributed by atoms with Crippen molar-refractivity contribution >= 4 is 57.5 Å². The smallest absolute Gasteiger partial charge is 0.226 e. The molecule has 0 radical (unpaired) electrons. The average Bonchev–Trinajstić information content (AvgIpc) is 2.59. The van der Waals surface area contributed by atoms with Crippen molar-refractivity contribution in [2.75, 3.05) is 18.4 Å². The minimum atomic E-state index is -0.167. The maximum absolute atomic E-state index is 12.0. The van der Waals surface area contributed by atoms with Crippen molar-refractivity contribution in [2.24, 2.45) is 4.99 Å². The van der Waals surface area contributed by atoms with Gasteiger partial charge in [-0.2, -0.15) is 0 Å².